The summed E-state index contributed by atoms with van der Waals surface area (Å²) in [6.45, 7) is -0.209. The van der Waals surface area contributed by atoms with Crippen LogP contribution in [0.4, 0.5) is 4.79 Å². The number of cyclic esters (lactones) is 2. The van der Waals surface area contributed by atoms with Gasteiger partial charge >= 0.3 is 6.16 Å². The molecule has 3 aliphatic heterocycles. The van der Waals surface area contributed by atoms with Crippen molar-refractivity contribution in [1.29, 1.82) is 0 Å². The molecule has 0 radical (unpaired) electrons. The Morgan fingerprint density at radius 2 is 1.75 bits per heavy atom. The van der Waals surface area contributed by atoms with Gasteiger partial charge in [-0.1, -0.05) is 0 Å². The summed E-state index contributed by atoms with van der Waals surface area (Å²) in [5.74, 6) is -1.72. The fourth-order valence-corrected chi connectivity index (χ4v) is 5.62. The molecular weight excluding hydrogens is 316 g/mol. The maximum atomic E-state index is 11.6. The average molecular weight is 328 g/mol. The Kier molecular flexibility index (Phi) is 3.19. The number of hydrogen-bond acceptors (Lipinski definition) is 9. The monoisotopic (exact) mass is 328 g/mol. The summed E-state index contributed by atoms with van der Waals surface area (Å²) in [7, 11) is -7.39. The quantitative estimate of drug-likeness (QED) is 0.456. The zero-order valence-corrected chi connectivity index (χ0v) is 11.8. The van der Waals surface area contributed by atoms with Crippen molar-refractivity contribution in [3.8, 4) is 0 Å². The van der Waals surface area contributed by atoms with Gasteiger partial charge in [0, 0.05) is 11.8 Å². The van der Waals surface area contributed by atoms with Gasteiger partial charge in [0.25, 0.3) is 20.2 Å². The lowest BCUT2D eigenvalue weighted by atomic mass is 9.88. The SMILES string of the molecule is O=C1OCC(C2OS(=O)(=O)CC2C2COS(=O)(=O)C2)O1. The molecule has 9 nitrogen and oxygen atoms in total. The van der Waals surface area contributed by atoms with E-state index < -0.39 is 50.4 Å². The minimum absolute atomic E-state index is 0.0933. The first-order chi connectivity index (χ1) is 9.26. The summed E-state index contributed by atoms with van der Waals surface area (Å²) in [6.07, 6.45) is -2.68. The number of carbonyl (C=O) groups is 1. The van der Waals surface area contributed by atoms with Crippen LogP contribution in [-0.4, -0.2) is 59.9 Å². The van der Waals surface area contributed by atoms with E-state index in [1.165, 1.54) is 0 Å². The van der Waals surface area contributed by atoms with E-state index >= 15 is 0 Å². The van der Waals surface area contributed by atoms with Crippen molar-refractivity contribution >= 4 is 26.4 Å². The highest BCUT2D eigenvalue weighted by Crippen LogP contribution is 2.37. The van der Waals surface area contributed by atoms with Crippen LogP contribution in [0.25, 0.3) is 0 Å². The van der Waals surface area contributed by atoms with Gasteiger partial charge < -0.3 is 9.47 Å². The van der Waals surface area contributed by atoms with E-state index in [1.54, 1.807) is 0 Å². The molecule has 0 bridgehead atoms. The van der Waals surface area contributed by atoms with E-state index in [4.69, 9.17) is 8.92 Å². The highest BCUT2D eigenvalue weighted by Gasteiger charge is 2.52. The maximum Gasteiger partial charge on any atom is 0.508 e. The summed E-state index contributed by atoms with van der Waals surface area (Å²) in [6, 6.07) is 0. The third kappa shape index (κ3) is 2.62. The van der Waals surface area contributed by atoms with Crippen LogP contribution in [0, 0.1) is 11.8 Å². The predicted molar refractivity (Wildman–Crippen MR) is 61.6 cm³/mol. The molecule has 114 valence electrons. The van der Waals surface area contributed by atoms with E-state index in [0.717, 1.165) is 0 Å². The molecule has 4 unspecified atom stereocenters. The summed E-state index contributed by atoms with van der Waals surface area (Å²) in [4.78, 5) is 10.9. The van der Waals surface area contributed by atoms with E-state index in [-0.39, 0.29) is 24.7 Å². The van der Waals surface area contributed by atoms with Crippen LogP contribution in [0.3, 0.4) is 0 Å². The van der Waals surface area contributed by atoms with E-state index in [1.807, 2.05) is 0 Å². The van der Waals surface area contributed by atoms with Gasteiger partial charge in [0.05, 0.1) is 18.1 Å². The standard InChI is InChI=1S/C9H12O9S2/c10-9-15-2-7(17-9)8-6(4-20(13,14)18-8)5-1-16-19(11,12)3-5/h5-8H,1-4H2. The van der Waals surface area contributed by atoms with Gasteiger partial charge in [-0.05, 0) is 0 Å². The molecule has 3 aliphatic rings. The molecule has 3 heterocycles. The minimum Gasteiger partial charge on any atom is -0.430 e. The van der Waals surface area contributed by atoms with Crippen LogP contribution < -0.4 is 0 Å². The second-order valence-corrected chi connectivity index (χ2v) is 8.26. The van der Waals surface area contributed by atoms with E-state index in [0.29, 0.717) is 0 Å². The molecule has 4 atom stereocenters. The second-order valence-electron chi connectivity index (χ2n) is 4.94. The molecule has 0 aliphatic carbocycles. The van der Waals surface area contributed by atoms with Crippen LogP contribution in [0.5, 0.6) is 0 Å². The fraction of sp³-hybridized carbons (Fsp3) is 0.889. The Balaban J connectivity index is 1.82. The third-order valence-electron chi connectivity index (χ3n) is 3.54. The molecule has 0 amide bonds. The molecule has 0 aromatic heterocycles. The molecule has 0 aromatic rings. The Morgan fingerprint density at radius 1 is 1.00 bits per heavy atom. The molecule has 3 fully saturated rings. The van der Waals surface area contributed by atoms with Crippen molar-refractivity contribution < 1.29 is 39.5 Å². The van der Waals surface area contributed by atoms with Crippen LogP contribution >= 0.6 is 0 Å². The highest BCUT2D eigenvalue weighted by molar-refractivity contribution is 7.87. The molecule has 0 N–H and O–H groups in total. The Morgan fingerprint density at radius 3 is 2.30 bits per heavy atom. The fourth-order valence-electron chi connectivity index (χ4n) is 2.65. The molecule has 0 aromatic carbocycles. The lowest BCUT2D eigenvalue weighted by Gasteiger charge is -2.22. The largest absolute Gasteiger partial charge is 0.508 e. The Labute approximate surface area is 115 Å². The van der Waals surface area contributed by atoms with Gasteiger partial charge in [-0.3, -0.25) is 8.37 Å². The third-order valence-corrected chi connectivity index (χ3v) is 6.18. The Hall–Kier alpha value is -0.910. The summed E-state index contributed by atoms with van der Waals surface area (Å²) < 4.78 is 64.9. The summed E-state index contributed by atoms with van der Waals surface area (Å²) >= 11 is 0. The first-order valence-corrected chi connectivity index (χ1v) is 9.03. The van der Waals surface area contributed by atoms with Crippen LogP contribution in [0.2, 0.25) is 0 Å². The summed E-state index contributed by atoms with van der Waals surface area (Å²) in [5.41, 5.74) is 0. The predicted octanol–water partition coefficient (Wildman–Crippen LogP) is -1.16. The number of rotatable bonds is 2. The van der Waals surface area contributed by atoms with Crippen molar-refractivity contribution in [2.45, 2.75) is 12.2 Å². The summed E-state index contributed by atoms with van der Waals surface area (Å²) in [5, 5.41) is 0. The molecule has 3 saturated heterocycles. The van der Waals surface area contributed by atoms with Crippen molar-refractivity contribution in [2.24, 2.45) is 11.8 Å². The van der Waals surface area contributed by atoms with E-state index in [2.05, 4.69) is 8.92 Å². The molecule has 20 heavy (non-hydrogen) atoms. The molecule has 3 rings (SSSR count). The molecular formula is C9H12O9S2. The minimum atomic E-state index is -3.77. The number of ether oxygens (including phenoxy) is 2. The van der Waals surface area contributed by atoms with Gasteiger partial charge in [-0.15, -0.1) is 0 Å². The van der Waals surface area contributed by atoms with Crippen molar-refractivity contribution in [1.82, 2.24) is 0 Å². The van der Waals surface area contributed by atoms with Gasteiger partial charge in [-0.2, -0.15) is 16.8 Å². The van der Waals surface area contributed by atoms with Crippen LogP contribution in [-0.2, 0) is 38.1 Å². The first-order valence-electron chi connectivity index (χ1n) is 5.87. The average Bonchev–Trinajstić information content (AvgIpc) is 2.96. The van der Waals surface area contributed by atoms with Gasteiger partial charge in [0.2, 0.25) is 0 Å². The van der Waals surface area contributed by atoms with Crippen LogP contribution in [0.1, 0.15) is 0 Å². The highest BCUT2D eigenvalue weighted by atomic mass is 32.2. The molecule has 11 heteroatoms. The van der Waals surface area contributed by atoms with Crippen molar-refractivity contribution in [3.05, 3.63) is 0 Å². The zero-order valence-electron chi connectivity index (χ0n) is 10.1. The van der Waals surface area contributed by atoms with Gasteiger partial charge in [-0.25, -0.2) is 4.79 Å². The molecule has 0 spiro atoms. The van der Waals surface area contributed by atoms with Crippen molar-refractivity contribution in [3.63, 3.8) is 0 Å². The van der Waals surface area contributed by atoms with Crippen molar-refractivity contribution in [2.75, 3.05) is 24.7 Å². The number of hydrogen-bond donors (Lipinski definition) is 0. The lowest BCUT2D eigenvalue weighted by molar-refractivity contribution is 0.0240. The van der Waals surface area contributed by atoms with Gasteiger partial charge in [0.1, 0.15) is 12.7 Å². The van der Waals surface area contributed by atoms with Crippen LogP contribution in [0.15, 0.2) is 0 Å². The van der Waals surface area contributed by atoms with Gasteiger partial charge in [0.15, 0.2) is 6.10 Å². The molecule has 0 saturated carbocycles. The van der Waals surface area contributed by atoms with E-state index in [9.17, 15) is 21.6 Å². The number of carbonyl (C=O) groups excluding carboxylic acids is 1. The smallest absolute Gasteiger partial charge is 0.430 e. The topological polar surface area (TPSA) is 122 Å². The maximum absolute atomic E-state index is 11.6. The second kappa shape index (κ2) is 4.55. The lowest BCUT2D eigenvalue weighted by Crippen LogP contribution is -2.38. The normalized spacial score (nSPS) is 42.3. The Bertz CT molecular complexity index is 622. The zero-order chi connectivity index (χ0) is 14.5. The first kappa shape index (κ1) is 14.0.